The van der Waals surface area contributed by atoms with Crippen LogP contribution in [0.4, 0.5) is 0 Å². The summed E-state index contributed by atoms with van der Waals surface area (Å²) in [6.45, 7) is 8.37. The summed E-state index contributed by atoms with van der Waals surface area (Å²) in [6, 6.07) is 9.10. The average molecular weight is 265 g/mol. The standard InChI is InChI=1S/C14H23NO2Si/c1-18(2,3)12-15-10-7-11-17-14(16)13-8-5-4-6-9-13/h4-6,8-9,15H,7,10-12H2,1-3H3. The Hall–Kier alpha value is -1.13. The molecule has 3 nitrogen and oxygen atoms in total. The third-order valence-corrected chi connectivity index (χ3v) is 3.71. The molecule has 4 heteroatoms. The summed E-state index contributed by atoms with van der Waals surface area (Å²) in [5, 5.41) is 3.41. The fourth-order valence-corrected chi connectivity index (χ4v) is 2.41. The first kappa shape index (κ1) is 14.9. The Labute approximate surface area is 111 Å². The second-order valence-corrected chi connectivity index (χ2v) is 11.1. The van der Waals surface area contributed by atoms with Crippen LogP contribution in [0.3, 0.4) is 0 Å². The second-order valence-electron chi connectivity index (χ2n) is 5.59. The summed E-state index contributed by atoms with van der Waals surface area (Å²) in [7, 11) is -1.01. The Kier molecular flexibility index (Phi) is 6.08. The number of ether oxygens (including phenoxy) is 1. The van der Waals surface area contributed by atoms with Gasteiger partial charge in [-0.15, -0.1) is 0 Å². The van der Waals surface area contributed by atoms with Crippen LogP contribution in [0.15, 0.2) is 30.3 Å². The summed E-state index contributed by atoms with van der Waals surface area (Å²) in [5.74, 6) is -0.235. The SMILES string of the molecule is C[Si](C)(C)CNCCCOC(=O)c1ccccc1. The Morgan fingerprint density at radius 1 is 1.22 bits per heavy atom. The number of carbonyl (C=O) groups excluding carboxylic acids is 1. The van der Waals surface area contributed by atoms with Crippen molar-refractivity contribution in [3.05, 3.63) is 35.9 Å². The highest BCUT2D eigenvalue weighted by Gasteiger charge is 2.11. The molecule has 0 saturated heterocycles. The molecule has 1 aromatic carbocycles. The monoisotopic (exact) mass is 265 g/mol. The van der Waals surface area contributed by atoms with Gasteiger partial charge in [-0.1, -0.05) is 37.8 Å². The molecule has 0 aliphatic rings. The lowest BCUT2D eigenvalue weighted by molar-refractivity contribution is 0.0501. The minimum Gasteiger partial charge on any atom is -0.462 e. The highest BCUT2D eigenvalue weighted by molar-refractivity contribution is 6.76. The second kappa shape index (κ2) is 7.33. The number of nitrogens with one attached hydrogen (secondary N) is 1. The van der Waals surface area contributed by atoms with Crippen molar-refractivity contribution in [3.8, 4) is 0 Å². The molecule has 0 aliphatic heterocycles. The Balaban J connectivity index is 2.10. The first-order valence-electron chi connectivity index (χ1n) is 6.42. The van der Waals surface area contributed by atoms with E-state index in [2.05, 4.69) is 25.0 Å². The topological polar surface area (TPSA) is 38.3 Å². The molecule has 0 spiro atoms. The highest BCUT2D eigenvalue weighted by atomic mass is 28.3. The van der Waals surface area contributed by atoms with Gasteiger partial charge in [-0.3, -0.25) is 0 Å². The van der Waals surface area contributed by atoms with Gasteiger partial charge in [-0.2, -0.15) is 0 Å². The van der Waals surface area contributed by atoms with Crippen molar-refractivity contribution in [2.45, 2.75) is 26.1 Å². The number of hydrogen-bond acceptors (Lipinski definition) is 3. The molecule has 0 aromatic heterocycles. The van der Waals surface area contributed by atoms with Gasteiger partial charge in [-0.05, 0) is 31.3 Å². The molecular formula is C14H23NO2Si. The van der Waals surface area contributed by atoms with Gasteiger partial charge in [0.05, 0.1) is 20.2 Å². The first-order chi connectivity index (χ1) is 8.49. The summed E-state index contributed by atoms with van der Waals surface area (Å²) in [5.41, 5.74) is 0.618. The average Bonchev–Trinajstić information content (AvgIpc) is 2.33. The van der Waals surface area contributed by atoms with Crippen molar-refractivity contribution in [1.82, 2.24) is 5.32 Å². The van der Waals surface area contributed by atoms with Crippen molar-refractivity contribution < 1.29 is 9.53 Å². The molecule has 0 unspecified atom stereocenters. The van der Waals surface area contributed by atoms with Gasteiger partial charge in [0, 0.05) is 0 Å². The van der Waals surface area contributed by atoms with Gasteiger partial charge in [0.2, 0.25) is 0 Å². The van der Waals surface area contributed by atoms with E-state index in [0.717, 1.165) is 19.1 Å². The van der Waals surface area contributed by atoms with Crippen LogP contribution < -0.4 is 5.32 Å². The quantitative estimate of drug-likeness (QED) is 0.468. The molecule has 0 bridgehead atoms. The summed E-state index contributed by atoms with van der Waals surface area (Å²) < 4.78 is 5.19. The van der Waals surface area contributed by atoms with Crippen LogP contribution >= 0.6 is 0 Å². The number of hydrogen-bond donors (Lipinski definition) is 1. The van der Waals surface area contributed by atoms with E-state index < -0.39 is 8.07 Å². The zero-order chi connectivity index (χ0) is 13.4. The molecule has 100 valence electrons. The maximum atomic E-state index is 11.6. The van der Waals surface area contributed by atoms with E-state index in [9.17, 15) is 4.79 Å². The predicted octanol–water partition coefficient (Wildman–Crippen LogP) is 2.70. The molecule has 0 amide bonds. The Bertz CT molecular complexity index is 360. The molecule has 18 heavy (non-hydrogen) atoms. The minimum atomic E-state index is -1.01. The molecule has 1 N–H and O–H groups in total. The van der Waals surface area contributed by atoms with Crippen LogP contribution in [0.25, 0.3) is 0 Å². The van der Waals surface area contributed by atoms with Crippen LogP contribution in [0, 0.1) is 0 Å². The molecule has 0 saturated carbocycles. The van der Waals surface area contributed by atoms with Crippen LogP contribution in [0.1, 0.15) is 16.8 Å². The van der Waals surface area contributed by atoms with Gasteiger partial charge < -0.3 is 10.1 Å². The van der Waals surface area contributed by atoms with Crippen molar-refractivity contribution >= 4 is 14.0 Å². The largest absolute Gasteiger partial charge is 0.462 e. The first-order valence-corrected chi connectivity index (χ1v) is 10.1. The van der Waals surface area contributed by atoms with Crippen molar-refractivity contribution in [1.29, 1.82) is 0 Å². The molecule has 0 heterocycles. The van der Waals surface area contributed by atoms with E-state index >= 15 is 0 Å². The minimum absolute atomic E-state index is 0.235. The summed E-state index contributed by atoms with van der Waals surface area (Å²) >= 11 is 0. The summed E-state index contributed by atoms with van der Waals surface area (Å²) in [4.78, 5) is 11.6. The lowest BCUT2D eigenvalue weighted by Gasteiger charge is -2.16. The zero-order valence-electron chi connectivity index (χ0n) is 11.5. The smallest absolute Gasteiger partial charge is 0.338 e. The zero-order valence-corrected chi connectivity index (χ0v) is 12.5. The van der Waals surface area contributed by atoms with E-state index in [1.807, 2.05) is 18.2 Å². The van der Waals surface area contributed by atoms with Crippen LogP contribution in [0.2, 0.25) is 19.6 Å². The highest BCUT2D eigenvalue weighted by Crippen LogP contribution is 2.01. The van der Waals surface area contributed by atoms with E-state index in [0.29, 0.717) is 12.2 Å². The van der Waals surface area contributed by atoms with Gasteiger partial charge in [0.15, 0.2) is 0 Å². The normalized spacial score (nSPS) is 11.3. The maximum absolute atomic E-state index is 11.6. The van der Waals surface area contributed by atoms with Gasteiger partial charge in [-0.25, -0.2) is 4.79 Å². The molecule has 0 radical (unpaired) electrons. The van der Waals surface area contributed by atoms with Crippen molar-refractivity contribution in [3.63, 3.8) is 0 Å². The molecule has 1 rings (SSSR count). The maximum Gasteiger partial charge on any atom is 0.338 e. The lowest BCUT2D eigenvalue weighted by Crippen LogP contribution is -2.37. The molecular weight excluding hydrogens is 242 g/mol. The molecule has 0 atom stereocenters. The summed E-state index contributed by atoms with van der Waals surface area (Å²) in [6.07, 6.45) is 1.97. The Morgan fingerprint density at radius 2 is 1.89 bits per heavy atom. The van der Waals surface area contributed by atoms with Crippen LogP contribution in [-0.2, 0) is 4.74 Å². The van der Waals surface area contributed by atoms with Gasteiger partial charge >= 0.3 is 5.97 Å². The third kappa shape index (κ3) is 6.57. The number of esters is 1. The number of benzene rings is 1. The fraction of sp³-hybridized carbons (Fsp3) is 0.500. The molecule has 0 aliphatic carbocycles. The van der Waals surface area contributed by atoms with E-state index in [1.54, 1.807) is 12.1 Å². The molecule has 1 aromatic rings. The Morgan fingerprint density at radius 3 is 2.50 bits per heavy atom. The van der Waals surface area contributed by atoms with Gasteiger partial charge in [0.25, 0.3) is 0 Å². The molecule has 0 fully saturated rings. The van der Waals surface area contributed by atoms with E-state index in [4.69, 9.17) is 4.74 Å². The fourth-order valence-electron chi connectivity index (χ4n) is 1.48. The van der Waals surface area contributed by atoms with Crippen LogP contribution in [0.5, 0.6) is 0 Å². The van der Waals surface area contributed by atoms with Crippen molar-refractivity contribution in [2.24, 2.45) is 0 Å². The third-order valence-electron chi connectivity index (χ3n) is 2.40. The number of rotatable bonds is 7. The predicted molar refractivity (Wildman–Crippen MR) is 77.6 cm³/mol. The van der Waals surface area contributed by atoms with Crippen molar-refractivity contribution in [2.75, 3.05) is 19.3 Å². The lowest BCUT2D eigenvalue weighted by atomic mass is 10.2. The van der Waals surface area contributed by atoms with Gasteiger partial charge in [0.1, 0.15) is 0 Å². The van der Waals surface area contributed by atoms with E-state index in [-0.39, 0.29) is 5.97 Å². The van der Waals surface area contributed by atoms with Crippen LogP contribution in [-0.4, -0.2) is 33.4 Å². The number of carbonyl (C=O) groups is 1. The van der Waals surface area contributed by atoms with E-state index in [1.165, 1.54) is 0 Å².